The molecule has 1 aliphatic carbocycles. The maximum Gasteiger partial charge on any atom is 0.0297 e. The molecule has 0 unspecified atom stereocenters. The van der Waals surface area contributed by atoms with Gasteiger partial charge in [0.05, 0.1) is 0 Å². The Hall–Kier alpha value is -1.08. The summed E-state index contributed by atoms with van der Waals surface area (Å²) in [6.45, 7) is 0. The fraction of sp³-hybridized carbons (Fsp3) is 0.333. The van der Waals surface area contributed by atoms with Gasteiger partial charge in [-0.1, -0.05) is 36.4 Å². The molecule has 0 saturated heterocycles. The van der Waals surface area contributed by atoms with Crippen molar-refractivity contribution in [3.63, 3.8) is 0 Å². The van der Waals surface area contributed by atoms with Crippen molar-refractivity contribution in [3.8, 4) is 0 Å². The largest absolute Gasteiger partial charge is 0.324 e. The highest BCUT2D eigenvalue weighted by molar-refractivity contribution is 5.69. The van der Waals surface area contributed by atoms with Gasteiger partial charge in [-0.25, -0.2) is 0 Å². The molecule has 0 heterocycles. The summed E-state index contributed by atoms with van der Waals surface area (Å²) in [5.74, 6) is 0. The molecule has 2 rings (SSSR count). The zero-order valence-corrected chi connectivity index (χ0v) is 7.74. The topological polar surface area (TPSA) is 26.0 Å². The molecule has 1 aromatic rings. The van der Waals surface area contributed by atoms with Gasteiger partial charge in [0.1, 0.15) is 0 Å². The highest BCUT2D eigenvalue weighted by atomic mass is 14.6. The molecule has 68 valence electrons. The highest BCUT2D eigenvalue weighted by Gasteiger charge is 2.13. The first-order valence-corrected chi connectivity index (χ1v) is 4.89. The molecule has 0 aromatic heterocycles. The van der Waals surface area contributed by atoms with Crippen LogP contribution in [0.4, 0.5) is 0 Å². The zero-order chi connectivity index (χ0) is 9.10. The highest BCUT2D eigenvalue weighted by Crippen LogP contribution is 2.25. The van der Waals surface area contributed by atoms with Crippen LogP contribution in [0.5, 0.6) is 0 Å². The first kappa shape index (κ1) is 8.52. The Morgan fingerprint density at radius 1 is 1.15 bits per heavy atom. The molecule has 0 bridgehead atoms. The maximum absolute atomic E-state index is 6.04. The number of benzene rings is 1. The summed E-state index contributed by atoms with van der Waals surface area (Å²) in [6.07, 6.45) is 5.82. The zero-order valence-electron chi connectivity index (χ0n) is 7.74. The Kier molecular flexibility index (Phi) is 2.46. The number of nitrogens with two attached hydrogens (primary N) is 1. The number of hydrogen-bond donors (Lipinski definition) is 1. The summed E-state index contributed by atoms with van der Waals surface area (Å²) < 4.78 is 0. The lowest BCUT2D eigenvalue weighted by atomic mass is 9.90. The van der Waals surface area contributed by atoms with E-state index in [1.165, 1.54) is 24.0 Å². The molecule has 1 nitrogen and oxygen atoms in total. The van der Waals surface area contributed by atoms with Crippen LogP contribution in [0.1, 0.15) is 24.8 Å². The van der Waals surface area contributed by atoms with Crippen LogP contribution in [0.25, 0.3) is 5.57 Å². The Bertz CT molecular complexity index is 300. The van der Waals surface area contributed by atoms with Crippen molar-refractivity contribution >= 4 is 5.57 Å². The van der Waals surface area contributed by atoms with Crippen molar-refractivity contribution < 1.29 is 0 Å². The summed E-state index contributed by atoms with van der Waals surface area (Å²) in [4.78, 5) is 0. The van der Waals surface area contributed by atoms with Gasteiger partial charge >= 0.3 is 0 Å². The van der Waals surface area contributed by atoms with E-state index in [0.29, 0.717) is 0 Å². The van der Waals surface area contributed by atoms with Gasteiger partial charge in [-0.15, -0.1) is 0 Å². The van der Waals surface area contributed by atoms with Crippen LogP contribution in [-0.2, 0) is 0 Å². The van der Waals surface area contributed by atoms with E-state index >= 15 is 0 Å². The Labute approximate surface area is 79.3 Å². The standard InChI is InChI=1S/C12H15N/c13-12-9-5-4-8-11(12)10-6-2-1-3-7-10/h1-3,6-8,12H,4-5,9,13H2/t12-/m1/s1. The van der Waals surface area contributed by atoms with Crippen LogP contribution in [0.15, 0.2) is 36.4 Å². The molecule has 13 heavy (non-hydrogen) atoms. The quantitative estimate of drug-likeness (QED) is 0.694. The first-order chi connectivity index (χ1) is 6.38. The second kappa shape index (κ2) is 3.75. The summed E-state index contributed by atoms with van der Waals surface area (Å²) >= 11 is 0. The molecular weight excluding hydrogens is 158 g/mol. The maximum atomic E-state index is 6.04. The van der Waals surface area contributed by atoms with Gasteiger partial charge in [0.2, 0.25) is 0 Å². The van der Waals surface area contributed by atoms with Crippen LogP contribution in [0.3, 0.4) is 0 Å². The van der Waals surface area contributed by atoms with E-state index in [2.05, 4.69) is 30.3 Å². The van der Waals surface area contributed by atoms with Crippen molar-refractivity contribution in [1.29, 1.82) is 0 Å². The summed E-state index contributed by atoms with van der Waals surface area (Å²) in [6, 6.07) is 10.7. The minimum atomic E-state index is 0.246. The van der Waals surface area contributed by atoms with Crippen LogP contribution >= 0.6 is 0 Å². The van der Waals surface area contributed by atoms with E-state index in [1.54, 1.807) is 0 Å². The van der Waals surface area contributed by atoms with E-state index in [0.717, 1.165) is 6.42 Å². The lowest BCUT2D eigenvalue weighted by Gasteiger charge is -2.20. The monoisotopic (exact) mass is 173 g/mol. The third-order valence-electron chi connectivity index (χ3n) is 2.59. The Balaban J connectivity index is 2.30. The van der Waals surface area contributed by atoms with Gasteiger partial charge in [0, 0.05) is 6.04 Å². The fourth-order valence-corrected chi connectivity index (χ4v) is 1.86. The van der Waals surface area contributed by atoms with Gasteiger partial charge in [0.25, 0.3) is 0 Å². The van der Waals surface area contributed by atoms with Crippen LogP contribution in [0.2, 0.25) is 0 Å². The van der Waals surface area contributed by atoms with Gasteiger partial charge in [-0.3, -0.25) is 0 Å². The molecule has 0 radical (unpaired) electrons. The van der Waals surface area contributed by atoms with E-state index in [9.17, 15) is 0 Å². The van der Waals surface area contributed by atoms with Crippen molar-refractivity contribution in [2.75, 3.05) is 0 Å². The lowest BCUT2D eigenvalue weighted by Crippen LogP contribution is -2.23. The van der Waals surface area contributed by atoms with E-state index in [4.69, 9.17) is 5.73 Å². The molecule has 1 aliphatic rings. The second-order valence-corrected chi connectivity index (χ2v) is 3.56. The van der Waals surface area contributed by atoms with E-state index < -0.39 is 0 Å². The minimum absolute atomic E-state index is 0.246. The molecule has 0 spiro atoms. The number of rotatable bonds is 1. The molecule has 0 aliphatic heterocycles. The summed E-state index contributed by atoms with van der Waals surface area (Å²) in [5, 5.41) is 0. The number of hydrogen-bond acceptors (Lipinski definition) is 1. The molecule has 1 atom stereocenters. The summed E-state index contributed by atoms with van der Waals surface area (Å²) in [5.41, 5.74) is 8.66. The SMILES string of the molecule is N[C@@H]1CCCC=C1c1ccccc1. The smallest absolute Gasteiger partial charge is 0.0297 e. The molecule has 0 fully saturated rings. The molecule has 1 aromatic carbocycles. The van der Waals surface area contributed by atoms with E-state index in [1.807, 2.05) is 6.07 Å². The molecule has 0 amide bonds. The van der Waals surface area contributed by atoms with Crippen LogP contribution < -0.4 is 5.73 Å². The normalized spacial score (nSPS) is 22.5. The predicted molar refractivity (Wildman–Crippen MR) is 56.2 cm³/mol. The molecule has 0 saturated carbocycles. The molecule has 1 heteroatoms. The Morgan fingerprint density at radius 2 is 1.92 bits per heavy atom. The third kappa shape index (κ3) is 1.81. The summed E-state index contributed by atoms with van der Waals surface area (Å²) in [7, 11) is 0. The van der Waals surface area contributed by atoms with Gasteiger partial charge in [-0.05, 0) is 30.4 Å². The lowest BCUT2D eigenvalue weighted by molar-refractivity contribution is 0.660. The average Bonchev–Trinajstić information content (AvgIpc) is 2.20. The molecule has 2 N–H and O–H groups in total. The number of allylic oxidation sites excluding steroid dienone is 1. The van der Waals surface area contributed by atoms with Crippen LogP contribution in [0, 0.1) is 0 Å². The van der Waals surface area contributed by atoms with Crippen molar-refractivity contribution in [3.05, 3.63) is 42.0 Å². The third-order valence-corrected chi connectivity index (χ3v) is 2.59. The first-order valence-electron chi connectivity index (χ1n) is 4.89. The van der Waals surface area contributed by atoms with Gasteiger partial charge in [-0.2, -0.15) is 0 Å². The van der Waals surface area contributed by atoms with Gasteiger partial charge in [0.15, 0.2) is 0 Å². The minimum Gasteiger partial charge on any atom is -0.324 e. The van der Waals surface area contributed by atoms with Gasteiger partial charge < -0.3 is 5.73 Å². The van der Waals surface area contributed by atoms with Crippen molar-refractivity contribution in [1.82, 2.24) is 0 Å². The van der Waals surface area contributed by atoms with Crippen LogP contribution in [-0.4, -0.2) is 6.04 Å². The van der Waals surface area contributed by atoms with Crippen molar-refractivity contribution in [2.24, 2.45) is 5.73 Å². The predicted octanol–water partition coefficient (Wildman–Crippen LogP) is 2.58. The molecular formula is C12H15N. The van der Waals surface area contributed by atoms with E-state index in [-0.39, 0.29) is 6.04 Å². The fourth-order valence-electron chi connectivity index (χ4n) is 1.86. The average molecular weight is 173 g/mol. The second-order valence-electron chi connectivity index (χ2n) is 3.56. The Morgan fingerprint density at radius 3 is 2.62 bits per heavy atom. The van der Waals surface area contributed by atoms with Crippen molar-refractivity contribution in [2.45, 2.75) is 25.3 Å².